The van der Waals surface area contributed by atoms with Crippen molar-refractivity contribution in [2.24, 2.45) is 5.92 Å². The van der Waals surface area contributed by atoms with Crippen LogP contribution in [0.25, 0.3) is 0 Å². The lowest BCUT2D eigenvalue weighted by atomic mass is 9.86. The average Bonchev–Trinajstić information content (AvgIpc) is 2.87. The van der Waals surface area contributed by atoms with E-state index in [2.05, 4.69) is 29.4 Å². The van der Waals surface area contributed by atoms with Crippen molar-refractivity contribution in [3.05, 3.63) is 10.5 Å². The smallest absolute Gasteiger partial charge is 0.343 e. The molecular weight excluding hydrogens is 312 g/mol. The van der Waals surface area contributed by atoms with E-state index in [4.69, 9.17) is 0 Å². The Hall–Kier alpha value is -1.24. The molecule has 1 fully saturated rings. The summed E-state index contributed by atoms with van der Waals surface area (Å²) < 4.78 is 1.63. The van der Waals surface area contributed by atoms with E-state index < -0.39 is 0 Å². The van der Waals surface area contributed by atoms with Gasteiger partial charge in [-0.15, -0.1) is 5.10 Å². The number of H-pyrrole nitrogens is 1. The molecule has 1 aliphatic rings. The minimum atomic E-state index is -0.264. The van der Waals surface area contributed by atoms with Crippen LogP contribution in [-0.2, 0) is 11.3 Å². The third-order valence-corrected chi connectivity index (χ3v) is 5.64. The largest absolute Gasteiger partial charge is 0.352 e. The molecule has 1 amide bonds. The highest BCUT2D eigenvalue weighted by molar-refractivity contribution is 8.00. The van der Waals surface area contributed by atoms with Crippen LogP contribution in [0.3, 0.4) is 0 Å². The maximum atomic E-state index is 12.4. The molecule has 1 aromatic heterocycles. The third kappa shape index (κ3) is 4.86. The number of nitrogens with one attached hydrogen (secondary N) is 2. The predicted molar refractivity (Wildman–Crippen MR) is 92.6 cm³/mol. The first-order chi connectivity index (χ1) is 11.0. The van der Waals surface area contributed by atoms with Gasteiger partial charge in [0.1, 0.15) is 0 Å². The first-order valence-electron chi connectivity index (χ1n) is 8.65. The van der Waals surface area contributed by atoms with E-state index in [-0.39, 0.29) is 22.9 Å². The van der Waals surface area contributed by atoms with Gasteiger partial charge in [0.15, 0.2) is 5.16 Å². The van der Waals surface area contributed by atoms with Gasteiger partial charge >= 0.3 is 5.69 Å². The molecule has 0 spiro atoms. The van der Waals surface area contributed by atoms with Gasteiger partial charge < -0.3 is 5.32 Å². The van der Waals surface area contributed by atoms with Crippen LogP contribution in [0, 0.1) is 5.92 Å². The molecule has 1 saturated carbocycles. The number of hydrogen-bond donors (Lipinski definition) is 2. The van der Waals surface area contributed by atoms with Crippen LogP contribution in [0.5, 0.6) is 0 Å². The Kier molecular flexibility index (Phi) is 6.74. The molecule has 3 atom stereocenters. The standard InChI is InChI=1S/C16H28N4O2S/c1-4-5-10-20-15(22)18-19-16(20)23-12(3)14(21)17-13-9-7-6-8-11(13)2/h11-13H,4-10H2,1-3H3,(H,17,21)(H,18,22). The number of thioether (sulfide) groups is 1. The first-order valence-corrected chi connectivity index (χ1v) is 9.53. The molecule has 1 heterocycles. The molecular formula is C16H28N4O2S. The van der Waals surface area contributed by atoms with Crippen LogP contribution in [0.2, 0.25) is 0 Å². The number of carbonyl (C=O) groups is 1. The normalized spacial score (nSPS) is 22.7. The van der Waals surface area contributed by atoms with Crippen molar-refractivity contribution < 1.29 is 4.79 Å². The molecule has 23 heavy (non-hydrogen) atoms. The van der Waals surface area contributed by atoms with Crippen LogP contribution in [0.4, 0.5) is 0 Å². The lowest BCUT2D eigenvalue weighted by Crippen LogP contribution is -2.44. The molecule has 2 N–H and O–H groups in total. The third-order valence-electron chi connectivity index (χ3n) is 4.55. The van der Waals surface area contributed by atoms with Crippen molar-refractivity contribution in [3.63, 3.8) is 0 Å². The van der Waals surface area contributed by atoms with Gasteiger partial charge in [0.25, 0.3) is 0 Å². The highest BCUT2D eigenvalue weighted by Crippen LogP contribution is 2.25. The molecule has 130 valence electrons. The number of aromatic nitrogens is 3. The van der Waals surface area contributed by atoms with Gasteiger partial charge in [0.05, 0.1) is 5.25 Å². The molecule has 0 bridgehead atoms. The van der Waals surface area contributed by atoms with Crippen LogP contribution >= 0.6 is 11.8 Å². The van der Waals surface area contributed by atoms with Crippen molar-refractivity contribution in [1.29, 1.82) is 0 Å². The van der Waals surface area contributed by atoms with Crippen LogP contribution < -0.4 is 11.0 Å². The molecule has 0 aliphatic heterocycles. The Labute approximate surface area is 141 Å². The molecule has 0 radical (unpaired) electrons. The van der Waals surface area contributed by atoms with Gasteiger partial charge in [0, 0.05) is 12.6 Å². The number of hydrogen-bond acceptors (Lipinski definition) is 4. The monoisotopic (exact) mass is 340 g/mol. The molecule has 0 aromatic carbocycles. The van der Waals surface area contributed by atoms with Crippen LogP contribution in [0.15, 0.2) is 9.95 Å². The van der Waals surface area contributed by atoms with Crippen LogP contribution in [0.1, 0.15) is 59.3 Å². The summed E-state index contributed by atoms with van der Waals surface area (Å²) in [6.07, 6.45) is 6.63. The molecule has 2 rings (SSSR count). The van der Waals surface area contributed by atoms with Crippen molar-refractivity contribution in [1.82, 2.24) is 20.1 Å². The Morgan fingerprint density at radius 2 is 2.22 bits per heavy atom. The quantitative estimate of drug-likeness (QED) is 0.748. The Morgan fingerprint density at radius 1 is 1.48 bits per heavy atom. The fraction of sp³-hybridized carbons (Fsp3) is 0.812. The zero-order valence-corrected chi connectivity index (χ0v) is 15.1. The number of carbonyl (C=O) groups excluding carboxylic acids is 1. The lowest BCUT2D eigenvalue weighted by molar-refractivity contribution is -0.121. The van der Waals surface area contributed by atoms with E-state index in [0.717, 1.165) is 19.3 Å². The molecule has 7 heteroatoms. The Balaban J connectivity index is 1.94. The molecule has 1 aliphatic carbocycles. The van der Waals surface area contributed by atoms with Gasteiger partial charge in [-0.1, -0.05) is 44.9 Å². The number of rotatable bonds is 7. The molecule has 6 nitrogen and oxygen atoms in total. The van der Waals surface area contributed by atoms with E-state index in [1.165, 1.54) is 31.0 Å². The van der Waals surface area contributed by atoms with Crippen molar-refractivity contribution >= 4 is 17.7 Å². The SMILES string of the molecule is CCCCn1c(SC(C)C(=O)NC2CCCCC2C)n[nH]c1=O. The Morgan fingerprint density at radius 3 is 2.91 bits per heavy atom. The number of nitrogens with zero attached hydrogens (tertiary/aromatic N) is 2. The fourth-order valence-electron chi connectivity index (χ4n) is 2.95. The summed E-state index contributed by atoms with van der Waals surface area (Å²) in [5.41, 5.74) is -0.200. The minimum Gasteiger partial charge on any atom is -0.352 e. The summed E-state index contributed by atoms with van der Waals surface area (Å²) >= 11 is 1.35. The van der Waals surface area contributed by atoms with E-state index in [1.807, 2.05) is 6.92 Å². The predicted octanol–water partition coefficient (Wildman–Crippen LogP) is 2.55. The topological polar surface area (TPSA) is 79.8 Å². The maximum Gasteiger partial charge on any atom is 0.343 e. The van der Waals surface area contributed by atoms with Crippen molar-refractivity contribution in [3.8, 4) is 0 Å². The van der Waals surface area contributed by atoms with Crippen LogP contribution in [-0.4, -0.2) is 32.0 Å². The van der Waals surface area contributed by atoms with Gasteiger partial charge in [-0.3, -0.25) is 9.36 Å². The molecule has 1 aromatic rings. The van der Waals surface area contributed by atoms with Crippen molar-refractivity contribution in [2.75, 3.05) is 0 Å². The summed E-state index contributed by atoms with van der Waals surface area (Å²) in [5, 5.41) is 10.1. The van der Waals surface area contributed by atoms with Gasteiger partial charge in [0.2, 0.25) is 5.91 Å². The fourth-order valence-corrected chi connectivity index (χ4v) is 3.84. The lowest BCUT2D eigenvalue weighted by Gasteiger charge is -2.30. The highest BCUT2D eigenvalue weighted by Gasteiger charge is 2.26. The Bertz CT molecular complexity index is 569. The number of aromatic amines is 1. The van der Waals surface area contributed by atoms with Gasteiger partial charge in [-0.2, -0.15) is 0 Å². The summed E-state index contributed by atoms with van der Waals surface area (Å²) in [6.45, 7) is 6.80. The number of amides is 1. The summed E-state index contributed by atoms with van der Waals surface area (Å²) in [6, 6.07) is 0.278. The second-order valence-electron chi connectivity index (χ2n) is 6.45. The number of unbranched alkanes of at least 4 members (excludes halogenated alkanes) is 1. The van der Waals surface area contributed by atoms with E-state index in [0.29, 0.717) is 17.6 Å². The zero-order chi connectivity index (χ0) is 16.8. The summed E-state index contributed by atoms with van der Waals surface area (Å²) in [7, 11) is 0. The maximum absolute atomic E-state index is 12.4. The summed E-state index contributed by atoms with van der Waals surface area (Å²) in [5.74, 6) is 0.573. The minimum absolute atomic E-state index is 0.0336. The van der Waals surface area contributed by atoms with E-state index in [1.54, 1.807) is 4.57 Å². The summed E-state index contributed by atoms with van der Waals surface area (Å²) in [4.78, 5) is 24.2. The molecule has 0 saturated heterocycles. The van der Waals surface area contributed by atoms with Gasteiger partial charge in [-0.05, 0) is 32.1 Å². The zero-order valence-electron chi connectivity index (χ0n) is 14.3. The van der Waals surface area contributed by atoms with E-state index in [9.17, 15) is 9.59 Å². The van der Waals surface area contributed by atoms with Crippen molar-refractivity contribution in [2.45, 2.75) is 82.3 Å². The first kappa shape index (κ1) is 18.1. The van der Waals surface area contributed by atoms with Gasteiger partial charge in [-0.25, -0.2) is 9.89 Å². The molecule has 3 unspecified atom stereocenters. The van der Waals surface area contributed by atoms with E-state index >= 15 is 0 Å². The highest BCUT2D eigenvalue weighted by atomic mass is 32.2. The second kappa shape index (κ2) is 8.57. The average molecular weight is 340 g/mol. The second-order valence-corrected chi connectivity index (χ2v) is 7.76.